The van der Waals surface area contributed by atoms with Crippen molar-refractivity contribution in [1.29, 1.82) is 0 Å². The smallest absolute Gasteiger partial charge is 0.274 e. The molecule has 5 heteroatoms. The Morgan fingerprint density at radius 3 is 2.60 bits per heavy atom. The second-order valence-corrected chi connectivity index (χ2v) is 5.81. The fraction of sp³-hybridized carbons (Fsp3) is 0.400. The van der Waals surface area contributed by atoms with E-state index in [-0.39, 0.29) is 24.0 Å². The van der Waals surface area contributed by atoms with E-state index >= 15 is 0 Å². The summed E-state index contributed by atoms with van der Waals surface area (Å²) in [6, 6.07) is 5.85. The van der Waals surface area contributed by atoms with E-state index in [1.54, 1.807) is 12.1 Å². The van der Waals surface area contributed by atoms with Crippen LogP contribution in [0, 0.1) is 5.82 Å². The van der Waals surface area contributed by atoms with Gasteiger partial charge in [0.15, 0.2) is 0 Å². The molecule has 0 saturated heterocycles. The predicted octanol–water partition coefficient (Wildman–Crippen LogP) is 2.14. The third-order valence-electron chi connectivity index (χ3n) is 3.16. The van der Waals surface area contributed by atoms with Gasteiger partial charge in [-0.2, -0.15) is 0 Å². The normalized spacial score (nSPS) is 11.8. The summed E-state index contributed by atoms with van der Waals surface area (Å²) in [5.41, 5.74) is 1.26. The Bertz CT molecular complexity index is 665. The van der Waals surface area contributed by atoms with Crippen molar-refractivity contribution < 1.29 is 9.50 Å². The van der Waals surface area contributed by atoms with E-state index in [1.807, 2.05) is 20.8 Å². The molecule has 20 heavy (non-hydrogen) atoms. The molecule has 0 fully saturated rings. The molecule has 0 aliphatic carbocycles. The molecular weight excluding hydrogens is 259 g/mol. The number of aliphatic hydroxyl groups excluding tert-OH is 1. The van der Waals surface area contributed by atoms with Gasteiger partial charge in [0.2, 0.25) is 0 Å². The van der Waals surface area contributed by atoms with Gasteiger partial charge in [0, 0.05) is 29.7 Å². The first-order valence-corrected chi connectivity index (χ1v) is 6.56. The van der Waals surface area contributed by atoms with Crippen molar-refractivity contribution in [1.82, 2.24) is 9.78 Å². The first kappa shape index (κ1) is 14.5. The highest BCUT2D eigenvalue weighted by Gasteiger charge is 2.24. The van der Waals surface area contributed by atoms with Crippen LogP contribution in [0.3, 0.4) is 0 Å². The van der Waals surface area contributed by atoms with E-state index in [4.69, 9.17) is 5.11 Å². The van der Waals surface area contributed by atoms with Crippen LogP contribution in [0.5, 0.6) is 0 Å². The van der Waals surface area contributed by atoms with Gasteiger partial charge in [0.1, 0.15) is 5.82 Å². The molecule has 2 rings (SSSR count). The fourth-order valence-corrected chi connectivity index (χ4v) is 2.23. The molecule has 0 unspecified atom stereocenters. The van der Waals surface area contributed by atoms with Crippen LogP contribution >= 0.6 is 0 Å². The number of benzene rings is 1. The Morgan fingerprint density at radius 2 is 2.05 bits per heavy atom. The standard InChI is InChI=1S/C15H19FN2O2/c1-15(2,3)13-12(7-8-19)14(20)18(17-13)11-6-4-5-10(16)9-11/h4-6,9,17,19H,7-8H2,1-3H3. The monoisotopic (exact) mass is 278 g/mol. The number of rotatable bonds is 3. The largest absolute Gasteiger partial charge is 0.396 e. The first-order valence-electron chi connectivity index (χ1n) is 6.56. The maximum atomic E-state index is 13.3. The van der Waals surface area contributed by atoms with Gasteiger partial charge in [-0.05, 0) is 18.2 Å². The van der Waals surface area contributed by atoms with Crippen molar-refractivity contribution in [2.45, 2.75) is 32.6 Å². The van der Waals surface area contributed by atoms with Crippen LogP contribution in [-0.4, -0.2) is 21.5 Å². The van der Waals surface area contributed by atoms with Gasteiger partial charge >= 0.3 is 0 Å². The Morgan fingerprint density at radius 1 is 1.35 bits per heavy atom. The molecule has 0 saturated carbocycles. The summed E-state index contributed by atoms with van der Waals surface area (Å²) in [5.74, 6) is -0.398. The molecule has 2 aromatic rings. The average molecular weight is 278 g/mol. The van der Waals surface area contributed by atoms with Gasteiger partial charge in [0.25, 0.3) is 5.56 Å². The topological polar surface area (TPSA) is 58.0 Å². The van der Waals surface area contributed by atoms with Crippen molar-refractivity contribution >= 4 is 0 Å². The molecule has 108 valence electrons. The molecule has 0 aliphatic heterocycles. The number of hydrogen-bond donors (Lipinski definition) is 2. The van der Waals surface area contributed by atoms with Crippen LogP contribution in [0.1, 0.15) is 32.0 Å². The lowest BCUT2D eigenvalue weighted by atomic mass is 9.89. The van der Waals surface area contributed by atoms with Crippen LogP contribution < -0.4 is 5.56 Å². The average Bonchev–Trinajstić information content (AvgIpc) is 2.68. The van der Waals surface area contributed by atoms with Crippen LogP contribution in [0.4, 0.5) is 4.39 Å². The van der Waals surface area contributed by atoms with E-state index in [2.05, 4.69) is 5.10 Å². The molecule has 0 atom stereocenters. The van der Waals surface area contributed by atoms with E-state index in [0.717, 1.165) is 5.69 Å². The lowest BCUT2D eigenvalue weighted by Gasteiger charge is -2.18. The number of hydrogen-bond acceptors (Lipinski definition) is 2. The minimum absolute atomic E-state index is 0.0979. The zero-order valence-electron chi connectivity index (χ0n) is 11.9. The van der Waals surface area contributed by atoms with Gasteiger partial charge in [-0.3, -0.25) is 9.89 Å². The molecule has 0 spiro atoms. The zero-order valence-corrected chi connectivity index (χ0v) is 11.9. The highest BCUT2D eigenvalue weighted by molar-refractivity contribution is 5.35. The number of H-pyrrole nitrogens is 1. The Kier molecular flexibility index (Phi) is 3.81. The molecule has 1 aromatic carbocycles. The maximum Gasteiger partial charge on any atom is 0.274 e. The van der Waals surface area contributed by atoms with Gasteiger partial charge in [-0.25, -0.2) is 9.07 Å². The van der Waals surface area contributed by atoms with Crippen LogP contribution in [-0.2, 0) is 11.8 Å². The van der Waals surface area contributed by atoms with E-state index in [0.29, 0.717) is 11.3 Å². The number of nitrogens with one attached hydrogen (secondary N) is 1. The molecule has 4 nitrogen and oxygen atoms in total. The summed E-state index contributed by atoms with van der Waals surface area (Å²) in [5, 5.41) is 12.2. The minimum atomic E-state index is -0.398. The summed E-state index contributed by atoms with van der Waals surface area (Å²) < 4.78 is 14.6. The lowest BCUT2D eigenvalue weighted by molar-refractivity contribution is 0.298. The highest BCUT2D eigenvalue weighted by atomic mass is 19.1. The molecule has 2 N–H and O–H groups in total. The Balaban J connectivity index is 2.64. The number of nitrogens with zero attached hydrogens (tertiary/aromatic N) is 1. The number of aromatic amines is 1. The third-order valence-corrected chi connectivity index (χ3v) is 3.16. The fourth-order valence-electron chi connectivity index (χ4n) is 2.23. The Hall–Kier alpha value is -1.88. The SMILES string of the molecule is CC(C)(C)c1[nH]n(-c2cccc(F)c2)c(=O)c1CCO. The van der Waals surface area contributed by atoms with Crippen molar-refractivity contribution in [2.75, 3.05) is 6.61 Å². The molecule has 1 aromatic heterocycles. The van der Waals surface area contributed by atoms with E-state index in [1.165, 1.54) is 16.8 Å². The zero-order chi connectivity index (χ0) is 14.9. The maximum absolute atomic E-state index is 13.3. The minimum Gasteiger partial charge on any atom is -0.396 e. The predicted molar refractivity (Wildman–Crippen MR) is 75.8 cm³/mol. The Labute approximate surface area is 116 Å². The van der Waals surface area contributed by atoms with E-state index < -0.39 is 5.82 Å². The van der Waals surface area contributed by atoms with Gasteiger partial charge in [0.05, 0.1) is 5.69 Å². The van der Waals surface area contributed by atoms with Crippen molar-refractivity contribution in [3.05, 3.63) is 51.7 Å². The number of aromatic nitrogens is 2. The first-order chi connectivity index (χ1) is 9.34. The summed E-state index contributed by atoms with van der Waals surface area (Å²) >= 11 is 0. The molecule has 1 heterocycles. The molecule has 0 aliphatic rings. The van der Waals surface area contributed by atoms with Crippen LogP contribution in [0.2, 0.25) is 0 Å². The summed E-state index contributed by atoms with van der Waals surface area (Å²) in [6.45, 7) is 5.85. The lowest BCUT2D eigenvalue weighted by Crippen LogP contribution is -2.19. The molecule has 0 bridgehead atoms. The third kappa shape index (κ3) is 2.67. The van der Waals surface area contributed by atoms with E-state index in [9.17, 15) is 9.18 Å². The van der Waals surface area contributed by atoms with Crippen molar-refractivity contribution in [3.63, 3.8) is 0 Å². The molecular formula is C15H19FN2O2. The molecule has 0 radical (unpaired) electrons. The highest BCUT2D eigenvalue weighted by Crippen LogP contribution is 2.23. The summed E-state index contributed by atoms with van der Waals surface area (Å²) in [7, 11) is 0. The quantitative estimate of drug-likeness (QED) is 0.903. The second kappa shape index (κ2) is 5.25. The van der Waals surface area contributed by atoms with Crippen molar-refractivity contribution in [2.24, 2.45) is 0 Å². The summed E-state index contributed by atoms with van der Waals surface area (Å²) in [6.07, 6.45) is 0.282. The van der Waals surface area contributed by atoms with Gasteiger partial charge in [-0.1, -0.05) is 26.8 Å². The van der Waals surface area contributed by atoms with Crippen molar-refractivity contribution in [3.8, 4) is 5.69 Å². The second-order valence-electron chi connectivity index (χ2n) is 5.81. The van der Waals surface area contributed by atoms with Crippen LogP contribution in [0.25, 0.3) is 5.69 Å². The van der Waals surface area contributed by atoms with Gasteiger partial charge in [-0.15, -0.1) is 0 Å². The van der Waals surface area contributed by atoms with Crippen LogP contribution in [0.15, 0.2) is 29.1 Å². The van der Waals surface area contributed by atoms with Gasteiger partial charge < -0.3 is 5.11 Å². The number of halogens is 1. The number of aliphatic hydroxyl groups is 1. The molecule has 0 amide bonds. The summed E-state index contributed by atoms with van der Waals surface area (Å²) in [4.78, 5) is 12.4.